The predicted octanol–water partition coefficient (Wildman–Crippen LogP) is 3.62. The van der Waals surface area contributed by atoms with Gasteiger partial charge in [-0.05, 0) is 56.7 Å². The first-order valence-corrected chi connectivity index (χ1v) is 9.94. The summed E-state index contributed by atoms with van der Waals surface area (Å²) < 4.78 is 27.4. The van der Waals surface area contributed by atoms with Crippen LogP contribution in [0.2, 0.25) is 0 Å². The maximum Gasteiger partial charge on any atom is 0.352 e. The average molecular weight is 422 g/mol. The lowest BCUT2D eigenvalue weighted by atomic mass is 10.1. The van der Waals surface area contributed by atoms with E-state index in [1.807, 2.05) is 11.9 Å². The molecule has 0 bridgehead atoms. The van der Waals surface area contributed by atoms with E-state index in [2.05, 4.69) is 11.9 Å². The molecule has 8 heteroatoms. The van der Waals surface area contributed by atoms with Gasteiger partial charge in [-0.2, -0.15) is 18.5 Å². The van der Waals surface area contributed by atoms with Crippen LogP contribution >= 0.6 is 13.5 Å². The minimum absolute atomic E-state index is 0. The number of fused-ring (bicyclic) bond motifs is 1. The third-order valence-electron chi connectivity index (χ3n) is 5.74. The Kier molecular flexibility index (Phi) is 6.72. The number of ether oxygens (including phenoxy) is 2. The number of hydrogen-bond acceptors (Lipinski definition) is 5. The second-order valence-electron chi connectivity index (χ2n) is 7.71. The Morgan fingerprint density at radius 2 is 1.97 bits per heavy atom. The van der Waals surface area contributed by atoms with Gasteiger partial charge in [0.1, 0.15) is 12.4 Å². The Labute approximate surface area is 177 Å². The predicted molar refractivity (Wildman–Crippen MR) is 115 cm³/mol. The van der Waals surface area contributed by atoms with Gasteiger partial charge in [0.15, 0.2) is 11.6 Å². The van der Waals surface area contributed by atoms with Crippen LogP contribution < -0.4 is 20.1 Å². The highest BCUT2D eigenvalue weighted by Gasteiger charge is 2.22. The van der Waals surface area contributed by atoms with Gasteiger partial charge in [-0.15, -0.1) is 0 Å². The van der Waals surface area contributed by atoms with Crippen LogP contribution in [-0.4, -0.2) is 28.7 Å². The number of hydrogen-bond donors (Lipinski definition) is 0. The van der Waals surface area contributed by atoms with E-state index in [-0.39, 0.29) is 49.3 Å². The van der Waals surface area contributed by atoms with Crippen LogP contribution in [0.15, 0.2) is 29.1 Å². The third-order valence-corrected chi connectivity index (χ3v) is 5.74. The molecule has 1 aromatic carbocycles. The highest BCUT2D eigenvalue weighted by Crippen LogP contribution is 2.27. The van der Waals surface area contributed by atoms with Gasteiger partial charge in [0, 0.05) is 25.7 Å². The van der Waals surface area contributed by atoms with E-state index < -0.39 is 0 Å². The smallest absolute Gasteiger partial charge is 0.352 e. The Balaban J connectivity index is 0.00000240. The van der Waals surface area contributed by atoms with Crippen LogP contribution in [0.3, 0.4) is 0 Å². The van der Waals surface area contributed by atoms with Crippen molar-refractivity contribution in [2.75, 3.05) is 11.9 Å². The van der Waals surface area contributed by atoms with Gasteiger partial charge in [0.25, 0.3) is 0 Å². The van der Waals surface area contributed by atoms with Crippen molar-refractivity contribution in [3.8, 4) is 11.6 Å². The molecule has 4 rings (SSSR count). The molecule has 0 saturated heterocycles. The molecule has 29 heavy (non-hydrogen) atoms. The first-order chi connectivity index (χ1) is 13.5. The van der Waals surface area contributed by atoms with Gasteiger partial charge in [-0.3, -0.25) is 4.57 Å². The van der Waals surface area contributed by atoms with Gasteiger partial charge >= 0.3 is 5.69 Å². The van der Waals surface area contributed by atoms with Gasteiger partial charge in [0.05, 0.1) is 6.10 Å². The fourth-order valence-corrected chi connectivity index (χ4v) is 3.86. The Morgan fingerprint density at radius 1 is 1.21 bits per heavy atom. The molecule has 0 unspecified atom stereocenters. The minimum atomic E-state index is -0.389. The van der Waals surface area contributed by atoms with Crippen molar-refractivity contribution in [2.24, 2.45) is 0 Å². The molecule has 2 aliphatic rings. The van der Waals surface area contributed by atoms with Crippen molar-refractivity contribution in [1.29, 1.82) is 0 Å². The molecule has 0 spiro atoms. The van der Waals surface area contributed by atoms with Gasteiger partial charge in [-0.25, -0.2) is 9.18 Å². The summed E-state index contributed by atoms with van der Waals surface area (Å²) in [7, 11) is 1.96. The normalized spacial score (nSPS) is 18.9. The van der Waals surface area contributed by atoms with Crippen LogP contribution in [0.1, 0.15) is 44.6 Å². The molecule has 2 aromatic rings. The summed E-state index contributed by atoms with van der Waals surface area (Å²) in [5.74, 6) is 0.945. The number of benzene rings is 1. The molecule has 1 atom stereocenters. The molecule has 1 aliphatic heterocycles. The highest BCUT2D eigenvalue weighted by atomic mass is 32.1. The van der Waals surface area contributed by atoms with E-state index in [4.69, 9.17) is 9.47 Å². The van der Waals surface area contributed by atoms with Crippen LogP contribution in [0.25, 0.3) is 0 Å². The van der Waals surface area contributed by atoms with Crippen molar-refractivity contribution in [3.05, 3.63) is 46.1 Å². The number of aromatic nitrogens is 2. The summed E-state index contributed by atoms with van der Waals surface area (Å²) in [6.45, 7) is 2.91. The summed E-state index contributed by atoms with van der Waals surface area (Å²) in [6, 6.07) is 6.97. The molecule has 1 fully saturated rings. The lowest BCUT2D eigenvalue weighted by Gasteiger charge is -2.34. The van der Waals surface area contributed by atoms with E-state index >= 15 is 0 Å². The zero-order chi connectivity index (χ0) is 19.7. The Bertz CT molecular complexity index is 915. The SMILES string of the molecule is C[C@H]1CCn2c(cc(OCc3ccc(OC4CCCC4)c(F)c3)nc2=O)N1C.S. The molecule has 1 saturated carbocycles. The van der Waals surface area contributed by atoms with E-state index in [9.17, 15) is 9.18 Å². The lowest BCUT2D eigenvalue weighted by Crippen LogP contribution is -2.41. The molecule has 1 aliphatic carbocycles. The van der Waals surface area contributed by atoms with Gasteiger partial charge < -0.3 is 14.4 Å². The standard InChI is InChI=1S/C21H26FN3O3.H2S/c1-14-9-10-25-20(24(14)2)12-19(23-21(25)26)27-13-15-7-8-18(17(22)11-15)28-16-5-3-4-6-16;/h7-8,11-12,14,16H,3-6,9-10,13H2,1-2H3;1H2/t14-;/m0./s1. The third kappa shape index (κ3) is 4.69. The highest BCUT2D eigenvalue weighted by molar-refractivity contribution is 7.59. The van der Waals surface area contributed by atoms with Crippen LogP contribution in [0.4, 0.5) is 10.2 Å². The van der Waals surface area contributed by atoms with Crippen molar-refractivity contribution in [1.82, 2.24) is 9.55 Å². The molecule has 0 radical (unpaired) electrons. The number of anilines is 1. The zero-order valence-electron chi connectivity index (χ0n) is 16.9. The molecule has 158 valence electrons. The molecule has 1 aromatic heterocycles. The van der Waals surface area contributed by atoms with E-state index in [0.717, 1.165) is 37.9 Å². The largest absolute Gasteiger partial charge is 0.487 e. The fraction of sp³-hybridized carbons (Fsp3) is 0.524. The topological polar surface area (TPSA) is 56.6 Å². The second kappa shape index (κ2) is 9.07. The molecule has 0 amide bonds. The monoisotopic (exact) mass is 421 g/mol. The molecule has 2 heterocycles. The summed E-state index contributed by atoms with van der Waals surface area (Å²) in [5.41, 5.74) is 0.343. The zero-order valence-corrected chi connectivity index (χ0v) is 17.9. The number of nitrogens with zero attached hydrogens (tertiary/aromatic N) is 3. The first-order valence-electron chi connectivity index (χ1n) is 9.94. The van der Waals surface area contributed by atoms with Crippen molar-refractivity contribution >= 4 is 19.3 Å². The van der Waals surface area contributed by atoms with Gasteiger partial charge in [0.2, 0.25) is 5.88 Å². The summed E-state index contributed by atoms with van der Waals surface area (Å²) in [6.07, 6.45) is 5.26. The van der Waals surface area contributed by atoms with E-state index in [1.165, 1.54) is 6.07 Å². The number of rotatable bonds is 5. The van der Waals surface area contributed by atoms with Crippen LogP contribution in [-0.2, 0) is 13.2 Å². The average Bonchev–Trinajstić information content (AvgIpc) is 3.18. The summed E-state index contributed by atoms with van der Waals surface area (Å²) in [5, 5.41) is 0. The second-order valence-corrected chi connectivity index (χ2v) is 7.71. The van der Waals surface area contributed by atoms with Crippen molar-refractivity contribution in [2.45, 2.75) is 64.3 Å². The van der Waals surface area contributed by atoms with E-state index in [1.54, 1.807) is 22.8 Å². The number of halogens is 1. The molecule has 6 nitrogen and oxygen atoms in total. The summed E-state index contributed by atoms with van der Waals surface area (Å²) in [4.78, 5) is 18.3. The lowest BCUT2D eigenvalue weighted by molar-refractivity contribution is 0.200. The van der Waals surface area contributed by atoms with Crippen LogP contribution in [0.5, 0.6) is 11.6 Å². The molecular weight excluding hydrogens is 393 g/mol. The molecular formula is C21H28FN3O3S. The van der Waals surface area contributed by atoms with Crippen LogP contribution in [0, 0.1) is 5.82 Å². The van der Waals surface area contributed by atoms with E-state index in [0.29, 0.717) is 18.2 Å². The maximum absolute atomic E-state index is 14.4. The quantitative estimate of drug-likeness (QED) is 0.738. The Hall–Kier alpha value is -2.22. The van der Waals surface area contributed by atoms with Crippen molar-refractivity contribution in [3.63, 3.8) is 0 Å². The summed E-state index contributed by atoms with van der Waals surface area (Å²) >= 11 is 0. The first kappa shape index (κ1) is 21.5. The Morgan fingerprint density at radius 3 is 2.69 bits per heavy atom. The van der Waals surface area contributed by atoms with Gasteiger partial charge in [-0.1, -0.05) is 6.07 Å². The molecule has 0 N–H and O–H groups in total. The maximum atomic E-state index is 14.4. The van der Waals surface area contributed by atoms with Crippen molar-refractivity contribution < 1.29 is 13.9 Å². The minimum Gasteiger partial charge on any atom is -0.487 e. The fourth-order valence-electron chi connectivity index (χ4n) is 3.86.